The Bertz CT molecular complexity index is 1520. The molecule has 0 saturated carbocycles. The van der Waals surface area contributed by atoms with Crippen LogP contribution in [0.2, 0.25) is 10.0 Å². The SMILES string of the molecule is COc1ccc(C(Cc2c(Cl)cncc2Cl)OC(=O)c2ccc(OC(F)F)cc2)cc1Oc1ccc([N+](=O)[O-])cc1. The summed E-state index contributed by atoms with van der Waals surface area (Å²) < 4.78 is 46.5. The first-order chi connectivity index (χ1) is 19.6. The molecule has 0 aliphatic rings. The van der Waals surface area contributed by atoms with Crippen molar-refractivity contribution in [3.63, 3.8) is 0 Å². The molecule has 0 amide bonds. The number of nitro benzene ring substituents is 1. The van der Waals surface area contributed by atoms with Gasteiger partial charge in [0.15, 0.2) is 11.5 Å². The van der Waals surface area contributed by atoms with E-state index in [4.69, 9.17) is 37.4 Å². The first-order valence-corrected chi connectivity index (χ1v) is 12.5. The molecule has 0 saturated heterocycles. The average molecular weight is 605 g/mol. The van der Waals surface area contributed by atoms with E-state index in [9.17, 15) is 23.7 Å². The minimum absolute atomic E-state index is 0.0435. The molecular formula is C28H20Cl2F2N2O7. The summed E-state index contributed by atoms with van der Waals surface area (Å²) in [5.74, 6) is -0.00165. The van der Waals surface area contributed by atoms with Gasteiger partial charge in [-0.25, -0.2) is 4.79 Å². The largest absolute Gasteiger partial charge is 0.493 e. The third kappa shape index (κ3) is 7.59. The Morgan fingerprint density at radius 3 is 2.17 bits per heavy atom. The Morgan fingerprint density at radius 2 is 1.59 bits per heavy atom. The Morgan fingerprint density at radius 1 is 0.951 bits per heavy atom. The second-order valence-corrected chi connectivity index (χ2v) is 9.16. The maximum absolute atomic E-state index is 13.1. The molecule has 0 fully saturated rings. The van der Waals surface area contributed by atoms with E-state index in [2.05, 4.69) is 9.72 Å². The first-order valence-electron chi connectivity index (χ1n) is 11.8. The lowest BCUT2D eigenvalue weighted by molar-refractivity contribution is -0.384. The molecule has 0 N–H and O–H groups in total. The van der Waals surface area contributed by atoms with Crippen LogP contribution in [0.25, 0.3) is 0 Å². The van der Waals surface area contributed by atoms with E-state index in [-0.39, 0.29) is 39.2 Å². The molecule has 1 heterocycles. The second kappa shape index (κ2) is 13.2. The number of nitrogens with zero attached hydrogens (tertiary/aromatic N) is 2. The summed E-state index contributed by atoms with van der Waals surface area (Å²) >= 11 is 12.7. The molecule has 0 spiro atoms. The third-order valence-electron chi connectivity index (χ3n) is 5.74. The molecule has 0 aliphatic carbocycles. The third-order valence-corrected chi connectivity index (χ3v) is 6.39. The highest BCUT2D eigenvalue weighted by molar-refractivity contribution is 6.35. The number of non-ortho nitro benzene ring substituents is 1. The summed E-state index contributed by atoms with van der Waals surface area (Å²) in [5, 5.41) is 11.5. The number of rotatable bonds is 11. The van der Waals surface area contributed by atoms with E-state index in [0.29, 0.717) is 22.6 Å². The number of halogens is 4. The van der Waals surface area contributed by atoms with E-state index >= 15 is 0 Å². The van der Waals surface area contributed by atoms with Gasteiger partial charge in [-0.1, -0.05) is 29.3 Å². The van der Waals surface area contributed by atoms with Crippen molar-refractivity contribution < 1.29 is 37.4 Å². The number of pyridine rings is 1. The minimum Gasteiger partial charge on any atom is -0.493 e. The fourth-order valence-corrected chi connectivity index (χ4v) is 4.27. The zero-order chi connectivity index (χ0) is 29.5. The molecule has 1 unspecified atom stereocenters. The number of nitro groups is 1. The normalized spacial score (nSPS) is 11.6. The van der Waals surface area contributed by atoms with Crippen molar-refractivity contribution in [3.05, 3.63) is 116 Å². The maximum Gasteiger partial charge on any atom is 0.387 e. The van der Waals surface area contributed by atoms with Crippen molar-refractivity contribution >= 4 is 34.9 Å². The van der Waals surface area contributed by atoms with Gasteiger partial charge in [0.25, 0.3) is 5.69 Å². The van der Waals surface area contributed by atoms with Gasteiger partial charge in [0.1, 0.15) is 17.6 Å². The van der Waals surface area contributed by atoms with Gasteiger partial charge in [-0.05, 0) is 59.7 Å². The molecule has 4 aromatic rings. The lowest BCUT2D eigenvalue weighted by atomic mass is 10.0. The van der Waals surface area contributed by atoms with Crippen molar-refractivity contribution in [3.8, 4) is 23.0 Å². The quantitative estimate of drug-likeness (QED) is 0.0967. The van der Waals surface area contributed by atoms with Crippen LogP contribution in [-0.4, -0.2) is 29.6 Å². The highest BCUT2D eigenvalue weighted by atomic mass is 35.5. The molecule has 9 nitrogen and oxygen atoms in total. The van der Waals surface area contributed by atoms with Crippen LogP contribution in [0.15, 0.2) is 79.1 Å². The monoisotopic (exact) mass is 604 g/mol. The van der Waals surface area contributed by atoms with Crippen LogP contribution in [0.5, 0.6) is 23.0 Å². The highest BCUT2D eigenvalue weighted by Gasteiger charge is 2.24. The van der Waals surface area contributed by atoms with Gasteiger partial charge in [0, 0.05) is 30.9 Å². The van der Waals surface area contributed by atoms with Crippen LogP contribution in [0.4, 0.5) is 14.5 Å². The molecule has 1 atom stereocenters. The van der Waals surface area contributed by atoms with Crippen molar-refractivity contribution in [1.29, 1.82) is 0 Å². The molecule has 13 heteroatoms. The number of carbonyl (C=O) groups is 1. The van der Waals surface area contributed by atoms with Gasteiger partial charge in [-0.15, -0.1) is 0 Å². The number of carbonyl (C=O) groups excluding carboxylic acids is 1. The first kappa shape index (κ1) is 29.5. The number of alkyl halides is 2. The molecule has 3 aromatic carbocycles. The molecule has 1 aromatic heterocycles. The summed E-state index contributed by atoms with van der Waals surface area (Å²) in [7, 11) is 1.44. The van der Waals surface area contributed by atoms with Crippen LogP contribution in [0, 0.1) is 10.1 Å². The van der Waals surface area contributed by atoms with Crippen LogP contribution < -0.4 is 14.2 Å². The van der Waals surface area contributed by atoms with E-state index in [0.717, 1.165) is 0 Å². The van der Waals surface area contributed by atoms with E-state index in [1.807, 2.05) is 0 Å². The van der Waals surface area contributed by atoms with Crippen molar-refractivity contribution in [2.24, 2.45) is 0 Å². The van der Waals surface area contributed by atoms with Crippen LogP contribution in [0.3, 0.4) is 0 Å². The number of hydrogen-bond donors (Lipinski definition) is 0. The topological polar surface area (TPSA) is 110 Å². The second-order valence-electron chi connectivity index (χ2n) is 8.35. The summed E-state index contributed by atoms with van der Waals surface area (Å²) in [4.78, 5) is 27.5. The number of methoxy groups -OCH3 is 1. The smallest absolute Gasteiger partial charge is 0.387 e. The van der Waals surface area contributed by atoms with Gasteiger partial charge >= 0.3 is 12.6 Å². The van der Waals surface area contributed by atoms with Crippen LogP contribution in [-0.2, 0) is 11.2 Å². The number of ether oxygens (including phenoxy) is 4. The predicted octanol–water partition coefficient (Wildman–Crippen LogP) is 7.84. The standard InChI is InChI=1S/C28H20Cl2F2N2O7/c1-38-24-11-4-17(12-26(24)39-19-9-5-18(6-10-19)34(36)37)25(13-21-22(29)14-33-15-23(21)30)41-27(35)16-2-7-20(8-3-16)40-28(31)32/h2-12,14-15,25,28H,13H2,1H3. The van der Waals surface area contributed by atoms with E-state index in [1.165, 1.54) is 68.0 Å². The van der Waals surface area contributed by atoms with Gasteiger partial charge in [0.2, 0.25) is 0 Å². The van der Waals surface area contributed by atoms with Crippen molar-refractivity contribution in [2.45, 2.75) is 19.1 Å². The number of benzene rings is 3. The Kier molecular flexibility index (Phi) is 9.53. The molecule has 4 rings (SSSR count). The predicted molar refractivity (Wildman–Crippen MR) is 145 cm³/mol. The molecule has 212 valence electrons. The lowest BCUT2D eigenvalue weighted by Crippen LogP contribution is -2.15. The van der Waals surface area contributed by atoms with Crippen molar-refractivity contribution in [1.82, 2.24) is 4.98 Å². The van der Waals surface area contributed by atoms with E-state index in [1.54, 1.807) is 18.2 Å². The Labute approximate surface area is 242 Å². The highest BCUT2D eigenvalue weighted by Crippen LogP contribution is 2.38. The summed E-state index contributed by atoms with van der Waals surface area (Å²) in [6.45, 7) is -3.01. The molecular weight excluding hydrogens is 585 g/mol. The zero-order valence-corrected chi connectivity index (χ0v) is 22.6. The fraction of sp³-hybridized carbons (Fsp3) is 0.143. The minimum atomic E-state index is -3.01. The van der Waals surface area contributed by atoms with Gasteiger partial charge in [-0.3, -0.25) is 15.1 Å². The molecule has 0 radical (unpaired) electrons. The average Bonchev–Trinajstić information content (AvgIpc) is 2.94. The van der Waals surface area contributed by atoms with Gasteiger partial charge < -0.3 is 18.9 Å². The lowest BCUT2D eigenvalue weighted by Gasteiger charge is -2.21. The van der Waals surface area contributed by atoms with Crippen LogP contribution in [0.1, 0.15) is 27.6 Å². The molecule has 0 aliphatic heterocycles. The number of hydrogen-bond acceptors (Lipinski definition) is 8. The molecule has 0 bridgehead atoms. The van der Waals surface area contributed by atoms with Crippen LogP contribution >= 0.6 is 23.2 Å². The summed E-state index contributed by atoms with van der Waals surface area (Å²) in [5.41, 5.74) is 0.914. The van der Waals surface area contributed by atoms with Gasteiger partial charge in [0.05, 0.1) is 27.6 Å². The fourth-order valence-electron chi connectivity index (χ4n) is 3.75. The van der Waals surface area contributed by atoms with Gasteiger partial charge in [-0.2, -0.15) is 8.78 Å². The van der Waals surface area contributed by atoms with E-state index < -0.39 is 23.6 Å². The summed E-state index contributed by atoms with van der Waals surface area (Å²) in [6, 6.07) is 15.3. The Hall–Kier alpha value is -4.48. The zero-order valence-electron chi connectivity index (χ0n) is 21.1. The molecule has 41 heavy (non-hydrogen) atoms. The van der Waals surface area contributed by atoms with Crippen molar-refractivity contribution in [2.75, 3.05) is 7.11 Å². The number of esters is 1. The maximum atomic E-state index is 13.1. The number of aromatic nitrogens is 1. The Balaban J connectivity index is 1.67. The summed E-state index contributed by atoms with van der Waals surface area (Å²) in [6.07, 6.45) is 1.89.